The second-order valence-electron chi connectivity index (χ2n) is 6.87. The normalized spacial score (nSPS) is 24.1. The topological polar surface area (TPSA) is 92.5 Å². The Morgan fingerprint density at radius 1 is 1.19 bits per heavy atom. The van der Waals surface area contributed by atoms with E-state index >= 15 is 0 Å². The van der Waals surface area contributed by atoms with Crippen molar-refractivity contribution in [1.29, 1.82) is 0 Å². The predicted molar refractivity (Wildman–Crippen MR) is 105 cm³/mol. The zero-order valence-electron chi connectivity index (χ0n) is 14.5. The van der Waals surface area contributed by atoms with Crippen molar-refractivity contribution in [3.63, 3.8) is 0 Å². The summed E-state index contributed by atoms with van der Waals surface area (Å²) < 4.78 is 26.9. The van der Waals surface area contributed by atoms with Crippen molar-refractivity contribution in [2.45, 2.75) is 49.5 Å². The zero-order valence-corrected chi connectivity index (χ0v) is 16.9. The van der Waals surface area contributed by atoms with Crippen molar-refractivity contribution in [3.8, 4) is 0 Å². The van der Waals surface area contributed by atoms with Gasteiger partial charge in [-0.25, -0.2) is 8.42 Å². The number of nitrogens with zero attached hydrogens (tertiary/aromatic N) is 1. The molecule has 1 saturated carbocycles. The molecule has 26 heavy (non-hydrogen) atoms. The van der Waals surface area contributed by atoms with E-state index < -0.39 is 10.0 Å². The molecular formula is C17H25Cl2N3O3S. The average molecular weight is 422 g/mol. The Balaban J connectivity index is 0.00000243. The van der Waals surface area contributed by atoms with Crippen LogP contribution in [0.3, 0.4) is 0 Å². The SMILES string of the molecule is Cl.NC1CCCC(C(=O)Nc2ccc(Cl)c(S(=O)(=O)N3CCCC3)c2)C1. The molecule has 0 radical (unpaired) electrons. The summed E-state index contributed by atoms with van der Waals surface area (Å²) in [6, 6.07) is 4.66. The third-order valence-corrected chi connectivity index (χ3v) is 7.35. The maximum absolute atomic E-state index is 12.8. The first kappa shape index (κ1) is 21.4. The van der Waals surface area contributed by atoms with Gasteiger partial charge >= 0.3 is 0 Å². The van der Waals surface area contributed by atoms with Crippen molar-refractivity contribution in [1.82, 2.24) is 4.31 Å². The van der Waals surface area contributed by atoms with Gasteiger partial charge in [-0.2, -0.15) is 4.31 Å². The molecule has 3 rings (SSSR count). The van der Waals surface area contributed by atoms with Crippen LogP contribution in [0, 0.1) is 5.92 Å². The largest absolute Gasteiger partial charge is 0.328 e. The number of amides is 1. The first-order valence-electron chi connectivity index (χ1n) is 8.74. The number of benzene rings is 1. The summed E-state index contributed by atoms with van der Waals surface area (Å²) in [6.07, 6.45) is 5.08. The lowest BCUT2D eigenvalue weighted by atomic mass is 9.85. The molecule has 3 N–H and O–H groups in total. The van der Waals surface area contributed by atoms with Gasteiger partial charge in [-0.15, -0.1) is 12.4 Å². The Hall–Kier alpha value is -0.860. The van der Waals surface area contributed by atoms with E-state index in [2.05, 4.69) is 5.32 Å². The third-order valence-electron chi connectivity index (χ3n) is 4.97. The second-order valence-corrected chi connectivity index (χ2v) is 9.18. The lowest BCUT2D eigenvalue weighted by Gasteiger charge is -2.25. The number of nitrogens with two attached hydrogens (primary N) is 1. The first-order chi connectivity index (χ1) is 11.9. The molecule has 1 aliphatic heterocycles. The van der Waals surface area contributed by atoms with E-state index in [1.165, 1.54) is 16.4 Å². The quantitative estimate of drug-likeness (QED) is 0.780. The van der Waals surface area contributed by atoms with Crippen LogP contribution in [0.15, 0.2) is 23.1 Å². The minimum absolute atomic E-state index is 0. The Morgan fingerprint density at radius 3 is 2.54 bits per heavy atom. The van der Waals surface area contributed by atoms with Crippen molar-refractivity contribution >= 4 is 45.6 Å². The van der Waals surface area contributed by atoms with Gasteiger partial charge in [0, 0.05) is 30.7 Å². The Kier molecular flexibility index (Phi) is 7.33. The molecule has 6 nitrogen and oxygen atoms in total. The van der Waals surface area contributed by atoms with E-state index in [0.29, 0.717) is 25.2 Å². The van der Waals surface area contributed by atoms with Gasteiger partial charge in [-0.05, 0) is 50.3 Å². The maximum atomic E-state index is 12.8. The highest BCUT2D eigenvalue weighted by Gasteiger charge is 2.30. The van der Waals surface area contributed by atoms with Crippen LogP contribution in [0.4, 0.5) is 5.69 Å². The van der Waals surface area contributed by atoms with Gasteiger partial charge in [0.15, 0.2) is 0 Å². The molecule has 9 heteroatoms. The number of hydrogen-bond acceptors (Lipinski definition) is 4. The average Bonchev–Trinajstić information content (AvgIpc) is 3.12. The minimum atomic E-state index is -3.63. The van der Waals surface area contributed by atoms with Gasteiger partial charge in [-0.1, -0.05) is 18.0 Å². The van der Waals surface area contributed by atoms with Crippen LogP contribution < -0.4 is 11.1 Å². The third kappa shape index (κ3) is 4.70. The molecule has 1 aromatic carbocycles. The predicted octanol–water partition coefficient (Wildman–Crippen LogP) is 3.00. The van der Waals surface area contributed by atoms with Crippen molar-refractivity contribution in [2.24, 2.45) is 11.7 Å². The number of nitrogens with one attached hydrogen (secondary N) is 1. The molecule has 146 valence electrons. The van der Waals surface area contributed by atoms with Gasteiger partial charge in [0.05, 0.1) is 5.02 Å². The van der Waals surface area contributed by atoms with E-state index in [9.17, 15) is 13.2 Å². The molecule has 2 atom stereocenters. The Labute approximate surface area is 165 Å². The van der Waals surface area contributed by atoms with Crippen LogP contribution in [0.2, 0.25) is 5.02 Å². The molecule has 2 unspecified atom stereocenters. The monoisotopic (exact) mass is 421 g/mol. The van der Waals surface area contributed by atoms with Crippen LogP contribution >= 0.6 is 24.0 Å². The summed E-state index contributed by atoms with van der Waals surface area (Å²) in [5.41, 5.74) is 6.40. The number of hydrogen-bond donors (Lipinski definition) is 2. The molecule has 0 aromatic heterocycles. The first-order valence-corrected chi connectivity index (χ1v) is 10.6. The van der Waals surface area contributed by atoms with Crippen LogP contribution in [-0.2, 0) is 14.8 Å². The number of carbonyl (C=O) groups excluding carboxylic acids is 1. The summed E-state index contributed by atoms with van der Waals surface area (Å²) >= 11 is 6.13. The smallest absolute Gasteiger partial charge is 0.244 e. The highest BCUT2D eigenvalue weighted by Crippen LogP contribution is 2.30. The highest BCUT2D eigenvalue weighted by atomic mass is 35.5. The number of sulfonamides is 1. The van der Waals surface area contributed by atoms with Crippen molar-refractivity contribution in [3.05, 3.63) is 23.2 Å². The standard InChI is InChI=1S/C17H24ClN3O3S.ClH/c18-15-7-6-14(20-17(22)12-4-3-5-13(19)10-12)11-16(15)25(23,24)21-8-1-2-9-21;/h6-7,11-13H,1-5,8-10,19H2,(H,20,22);1H. The molecular weight excluding hydrogens is 397 g/mol. The van der Waals surface area contributed by atoms with Crippen LogP contribution in [-0.4, -0.2) is 37.8 Å². The number of anilines is 1. The highest BCUT2D eigenvalue weighted by molar-refractivity contribution is 7.89. The lowest BCUT2D eigenvalue weighted by molar-refractivity contribution is -0.120. The van der Waals surface area contributed by atoms with E-state index in [1.54, 1.807) is 6.07 Å². The fourth-order valence-electron chi connectivity index (χ4n) is 3.56. The summed E-state index contributed by atoms with van der Waals surface area (Å²) in [7, 11) is -3.63. The molecule has 1 heterocycles. The molecule has 2 aliphatic rings. The molecule has 1 aromatic rings. The van der Waals surface area contributed by atoms with E-state index in [1.807, 2.05) is 0 Å². The van der Waals surface area contributed by atoms with Gasteiger partial charge < -0.3 is 11.1 Å². The number of carbonyl (C=O) groups is 1. The van der Waals surface area contributed by atoms with E-state index in [0.717, 1.165) is 32.1 Å². The minimum Gasteiger partial charge on any atom is -0.328 e. The van der Waals surface area contributed by atoms with Crippen LogP contribution in [0.1, 0.15) is 38.5 Å². The van der Waals surface area contributed by atoms with Gasteiger partial charge in [0.25, 0.3) is 0 Å². The fourth-order valence-corrected chi connectivity index (χ4v) is 5.57. The maximum Gasteiger partial charge on any atom is 0.244 e. The molecule has 1 amide bonds. The van der Waals surface area contributed by atoms with Crippen LogP contribution in [0.25, 0.3) is 0 Å². The molecule has 2 fully saturated rings. The fraction of sp³-hybridized carbons (Fsp3) is 0.588. The van der Waals surface area contributed by atoms with E-state index in [-0.39, 0.29) is 40.2 Å². The lowest BCUT2D eigenvalue weighted by Crippen LogP contribution is -2.34. The second kappa shape index (κ2) is 8.89. The van der Waals surface area contributed by atoms with Crippen molar-refractivity contribution in [2.75, 3.05) is 18.4 Å². The summed E-state index contributed by atoms with van der Waals surface area (Å²) in [4.78, 5) is 12.5. The number of rotatable bonds is 4. The molecule has 1 saturated heterocycles. The zero-order chi connectivity index (χ0) is 18.0. The van der Waals surface area contributed by atoms with Crippen molar-refractivity contribution < 1.29 is 13.2 Å². The van der Waals surface area contributed by atoms with Gasteiger partial charge in [0.1, 0.15) is 4.90 Å². The number of halogens is 2. The molecule has 1 aliphatic carbocycles. The Bertz CT molecular complexity index is 752. The van der Waals surface area contributed by atoms with Gasteiger partial charge in [-0.3, -0.25) is 4.79 Å². The summed E-state index contributed by atoms with van der Waals surface area (Å²) in [5, 5.41) is 3.00. The van der Waals surface area contributed by atoms with Crippen LogP contribution in [0.5, 0.6) is 0 Å². The Morgan fingerprint density at radius 2 is 1.88 bits per heavy atom. The van der Waals surface area contributed by atoms with Gasteiger partial charge in [0.2, 0.25) is 15.9 Å². The van der Waals surface area contributed by atoms with E-state index in [4.69, 9.17) is 17.3 Å². The molecule has 0 spiro atoms. The molecule has 0 bridgehead atoms. The summed E-state index contributed by atoms with van der Waals surface area (Å²) in [6.45, 7) is 1.02. The summed E-state index contributed by atoms with van der Waals surface area (Å²) in [5.74, 6) is -0.236.